The van der Waals surface area contributed by atoms with Gasteiger partial charge in [0.05, 0.1) is 5.41 Å². The summed E-state index contributed by atoms with van der Waals surface area (Å²) in [5.41, 5.74) is 7.42. The van der Waals surface area contributed by atoms with Crippen molar-refractivity contribution in [3.8, 4) is 0 Å². The van der Waals surface area contributed by atoms with E-state index in [9.17, 15) is 4.79 Å². The van der Waals surface area contributed by atoms with Gasteiger partial charge in [-0.1, -0.05) is 30.3 Å². The van der Waals surface area contributed by atoms with Crippen LogP contribution in [0.2, 0.25) is 0 Å². The number of rotatable bonds is 5. The molecule has 6 rings (SSSR count). The number of amides is 1. The van der Waals surface area contributed by atoms with Gasteiger partial charge in [0, 0.05) is 6.04 Å². The normalized spacial score (nSPS) is 42.2. The van der Waals surface area contributed by atoms with Gasteiger partial charge in [-0.3, -0.25) is 4.79 Å². The maximum absolute atomic E-state index is 12.8. The highest BCUT2D eigenvalue weighted by Crippen LogP contribution is 2.66. The van der Waals surface area contributed by atoms with Crippen LogP contribution in [0.15, 0.2) is 30.3 Å². The molecule has 0 aliphatic heterocycles. The third kappa shape index (κ3) is 3.24. The first kappa shape index (κ1) is 19.6. The molecule has 1 amide bonds. The number of hydrogen-bond donors (Lipinski definition) is 1. The molecule has 5 aliphatic carbocycles. The average molecular weight is 395 g/mol. The third-order valence-electron chi connectivity index (χ3n) is 9.35. The van der Waals surface area contributed by atoms with Crippen LogP contribution in [0.1, 0.15) is 69.4 Å². The van der Waals surface area contributed by atoms with Crippen molar-refractivity contribution in [2.24, 2.45) is 46.7 Å². The topological polar surface area (TPSA) is 46.3 Å². The number of nitrogens with two attached hydrogens (primary N) is 1. The Morgan fingerprint density at radius 2 is 1.59 bits per heavy atom. The lowest BCUT2D eigenvalue weighted by atomic mass is 9.42. The fraction of sp³-hybridized carbons (Fsp3) is 0.731. The van der Waals surface area contributed by atoms with Gasteiger partial charge in [0.1, 0.15) is 0 Å². The van der Waals surface area contributed by atoms with Crippen LogP contribution in [0, 0.1) is 40.9 Å². The molecule has 0 spiro atoms. The lowest BCUT2D eigenvalue weighted by Gasteiger charge is -2.62. The van der Waals surface area contributed by atoms with Crippen molar-refractivity contribution in [1.82, 2.24) is 4.90 Å². The SMILES string of the molecule is CN(C)C(c1ccccc1)C1CCC(C2C3CC4CC(C3)CC2(C(N)=O)C4)CC1. The highest BCUT2D eigenvalue weighted by atomic mass is 16.1. The van der Waals surface area contributed by atoms with Crippen LogP contribution in [0.3, 0.4) is 0 Å². The van der Waals surface area contributed by atoms with Gasteiger partial charge in [-0.2, -0.15) is 0 Å². The van der Waals surface area contributed by atoms with E-state index in [-0.39, 0.29) is 11.3 Å². The Morgan fingerprint density at radius 3 is 2.14 bits per heavy atom. The highest BCUT2D eigenvalue weighted by Gasteiger charge is 2.61. The second-order valence-corrected chi connectivity index (χ2v) is 11.1. The van der Waals surface area contributed by atoms with E-state index < -0.39 is 0 Å². The van der Waals surface area contributed by atoms with Crippen LogP contribution in [-0.4, -0.2) is 24.9 Å². The predicted octanol–water partition coefficient (Wildman–Crippen LogP) is 5.02. The van der Waals surface area contributed by atoms with Gasteiger partial charge in [-0.05, 0) is 113 Å². The van der Waals surface area contributed by atoms with Crippen molar-refractivity contribution < 1.29 is 4.79 Å². The van der Waals surface area contributed by atoms with E-state index in [1.54, 1.807) is 0 Å². The fourth-order valence-corrected chi connectivity index (χ4v) is 8.74. The van der Waals surface area contributed by atoms with E-state index in [0.29, 0.717) is 23.8 Å². The van der Waals surface area contributed by atoms with Gasteiger partial charge in [-0.25, -0.2) is 0 Å². The smallest absolute Gasteiger partial charge is 0.223 e. The summed E-state index contributed by atoms with van der Waals surface area (Å²) in [6, 6.07) is 11.5. The molecular formula is C26H38N2O. The Bertz CT molecular complexity index is 722. The molecule has 5 saturated carbocycles. The van der Waals surface area contributed by atoms with Gasteiger partial charge in [0.25, 0.3) is 0 Å². The molecule has 29 heavy (non-hydrogen) atoms. The third-order valence-corrected chi connectivity index (χ3v) is 9.35. The number of nitrogens with zero attached hydrogens (tertiary/aromatic N) is 1. The molecule has 4 bridgehead atoms. The van der Waals surface area contributed by atoms with Crippen LogP contribution in [0.25, 0.3) is 0 Å². The molecule has 5 aliphatic rings. The van der Waals surface area contributed by atoms with Crippen LogP contribution in [0.4, 0.5) is 0 Å². The van der Waals surface area contributed by atoms with Crippen LogP contribution < -0.4 is 5.73 Å². The van der Waals surface area contributed by atoms with Crippen LogP contribution in [-0.2, 0) is 4.79 Å². The molecule has 4 unspecified atom stereocenters. The Labute approximate surface area is 176 Å². The van der Waals surface area contributed by atoms with Gasteiger partial charge >= 0.3 is 0 Å². The zero-order valence-corrected chi connectivity index (χ0v) is 18.2. The van der Waals surface area contributed by atoms with Gasteiger partial charge in [0.15, 0.2) is 0 Å². The quantitative estimate of drug-likeness (QED) is 0.762. The minimum atomic E-state index is -0.160. The number of carbonyl (C=O) groups is 1. The maximum Gasteiger partial charge on any atom is 0.223 e. The molecule has 0 radical (unpaired) electrons. The molecule has 0 heterocycles. The fourth-order valence-electron chi connectivity index (χ4n) is 8.74. The number of primary amides is 1. The molecule has 158 valence electrons. The lowest BCUT2D eigenvalue weighted by Crippen LogP contribution is -2.60. The molecule has 4 atom stereocenters. The molecule has 2 N–H and O–H groups in total. The summed E-state index contributed by atoms with van der Waals surface area (Å²) in [5, 5.41) is 0. The first-order valence-corrected chi connectivity index (χ1v) is 12.0. The van der Waals surface area contributed by atoms with Crippen molar-refractivity contribution in [2.75, 3.05) is 14.1 Å². The molecule has 3 nitrogen and oxygen atoms in total. The second-order valence-electron chi connectivity index (χ2n) is 11.1. The zero-order chi connectivity index (χ0) is 20.2. The molecule has 1 aromatic carbocycles. The molecule has 0 aromatic heterocycles. The Kier molecular flexibility index (Phi) is 5.01. The first-order chi connectivity index (χ1) is 14.0. The highest BCUT2D eigenvalue weighted by molar-refractivity contribution is 5.82. The first-order valence-electron chi connectivity index (χ1n) is 12.0. The van der Waals surface area contributed by atoms with Crippen molar-refractivity contribution in [1.29, 1.82) is 0 Å². The second kappa shape index (κ2) is 7.41. The summed E-state index contributed by atoms with van der Waals surface area (Å²) >= 11 is 0. The van der Waals surface area contributed by atoms with Crippen molar-refractivity contribution in [2.45, 2.75) is 63.8 Å². The lowest BCUT2D eigenvalue weighted by molar-refractivity contribution is -0.166. The minimum absolute atomic E-state index is 0.0409. The van der Waals surface area contributed by atoms with Gasteiger partial charge in [0.2, 0.25) is 5.91 Å². The zero-order valence-electron chi connectivity index (χ0n) is 18.2. The van der Waals surface area contributed by atoms with E-state index >= 15 is 0 Å². The van der Waals surface area contributed by atoms with Crippen molar-refractivity contribution in [3.05, 3.63) is 35.9 Å². The monoisotopic (exact) mass is 394 g/mol. The molecule has 0 saturated heterocycles. The summed E-state index contributed by atoms with van der Waals surface area (Å²) in [6.45, 7) is 0. The summed E-state index contributed by atoms with van der Waals surface area (Å²) in [5.74, 6) is 4.37. The van der Waals surface area contributed by atoms with E-state index in [1.807, 2.05) is 0 Å². The summed E-state index contributed by atoms with van der Waals surface area (Å²) in [4.78, 5) is 15.2. The largest absolute Gasteiger partial charge is 0.369 e. The molecular weight excluding hydrogens is 356 g/mol. The number of benzene rings is 1. The van der Waals surface area contributed by atoms with Gasteiger partial charge < -0.3 is 10.6 Å². The summed E-state index contributed by atoms with van der Waals surface area (Å²) in [6.07, 6.45) is 11.5. The Morgan fingerprint density at radius 1 is 0.966 bits per heavy atom. The minimum Gasteiger partial charge on any atom is -0.369 e. The van der Waals surface area contributed by atoms with E-state index in [4.69, 9.17) is 5.73 Å². The number of hydrogen-bond acceptors (Lipinski definition) is 2. The Balaban J connectivity index is 1.33. The average Bonchev–Trinajstić information content (AvgIpc) is 2.69. The standard InChI is InChI=1S/C26H38N2O/c1-28(2)24(20-6-4-3-5-7-20)21-10-8-19(9-11-21)23-22-13-17-12-18(14-22)16-26(23,15-17)25(27)29/h3-7,17-19,21-24H,8-16H2,1-2H3,(H2,27,29). The van der Waals surface area contributed by atoms with E-state index in [2.05, 4.69) is 49.3 Å². The molecule has 3 heteroatoms. The number of carbonyl (C=O) groups excluding carboxylic acids is 1. The molecule has 5 fully saturated rings. The van der Waals surface area contributed by atoms with E-state index in [1.165, 1.54) is 50.5 Å². The predicted molar refractivity (Wildman–Crippen MR) is 117 cm³/mol. The Hall–Kier alpha value is -1.35. The van der Waals surface area contributed by atoms with Crippen molar-refractivity contribution in [3.63, 3.8) is 0 Å². The van der Waals surface area contributed by atoms with Gasteiger partial charge in [-0.15, -0.1) is 0 Å². The maximum atomic E-state index is 12.8. The summed E-state index contributed by atoms with van der Waals surface area (Å²) < 4.78 is 0. The molecule has 1 aromatic rings. The van der Waals surface area contributed by atoms with Crippen LogP contribution >= 0.6 is 0 Å². The van der Waals surface area contributed by atoms with E-state index in [0.717, 1.165) is 30.6 Å². The van der Waals surface area contributed by atoms with Crippen molar-refractivity contribution >= 4 is 5.91 Å². The van der Waals surface area contributed by atoms with Crippen LogP contribution in [0.5, 0.6) is 0 Å². The summed E-state index contributed by atoms with van der Waals surface area (Å²) in [7, 11) is 4.45.